The Kier molecular flexibility index (Phi) is 5.11. The van der Waals surface area contributed by atoms with Gasteiger partial charge in [0.2, 0.25) is 0 Å². The maximum absolute atomic E-state index is 11.7. The molecule has 2 rings (SSSR count). The number of ether oxygens (including phenoxy) is 2. The number of H-pyrrole nitrogens is 1. The molecule has 0 fully saturated rings. The van der Waals surface area contributed by atoms with Gasteiger partial charge in [-0.3, -0.25) is 4.79 Å². The van der Waals surface area contributed by atoms with E-state index in [0.717, 1.165) is 11.3 Å². The van der Waals surface area contributed by atoms with Crippen LogP contribution in [0.25, 0.3) is 11.3 Å². The van der Waals surface area contributed by atoms with Crippen molar-refractivity contribution in [2.75, 3.05) is 6.61 Å². The van der Waals surface area contributed by atoms with E-state index in [2.05, 4.69) is 9.97 Å². The lowest BCUT2D eigenvalue weighted by atomic mass is 10.1. The molecule has 5 heteroatoms. The fraction of sp³-hybridized carbons (Fsp3) is 0.375. The van der Waals surface area contributed by atoms with Crippen LogP contribution in [0, 0.1) is 0 Å². The van der Waals surface area contributed by atoms with Crippen molar-refractivity contribution in [3.63, 3.8) is 0 Å². The van der Waals surface area contributed by atoms with Gasteiger partial charge in [0, 0.05) is 18.2 Å². The Morgan fingerprint density at radius 2 is 2.10 bits per heavy atom. The summed E-state index contributed by atoms with van der Waals surface area (Å²) in [4.78, 5) is 18.8. The normalized spacial score (nSPS) is 10.9. The molecule has 1 N–H and O–H groups in total. The molecule has 112 valence electrons. The molecule has 1 heterocycles. The zero-order valence-electron chi connectivity index (χ0n) is 12.6. The van der Waals surface area contributed by atoms with Gasteiger partial charge in [0.05, 0.1) is 11.8 Å². The van der Waals surface area contributed by atoms with Gasteiger partial charge in [-0.1, -0.05) is 12.1 Å². The molecule has 0 aliphatic heterocycles. The van der Waals surface area contributed by atoms with Gasteiger partial charge in [-0.25, -0.2) is 4.98 Å². The molecule has 0 spiro atoms. The van der Waals surface area contributed by atoms with Crippen molar-refractivity contribution in [3.8, 4) is 17.0 Å². The van der Waals surface area contributed by atoms with E-state index in [9.17, 15) is 4.79 Å². The second kappa shape index (κ2) is 7.04. The topological polar surface area (TPSA) is 64.2 Å². The molecule has 21 heavy (non-hydrogen) atoms. The summed E-state index contributed by atoms with van der Waals surface area (Å²) in [6.07, 6.45) is 0.0981. The molecule has 0 unspecified atom stereocenters. The first-order valence-corrected chi connectivity index (χ1v) is 7.03. The number of rotatable bonds is 6. The van der Waals surface area contributed by atoms with Gasteiger partial charge in [-0.15, -0.1) is 0 Å². The average molecular weight is 288 g/mol. The Hall–Kier alpha value is -2.14. The third-order valence-corrected chi connectivity index (χ3v) is 2.74. The van der Waals surface area contributed by atoms with Crippen molar-refractivity contribution >= 4 is 0 Å². The molecule has 1 aromatic heterocycles. The van der Waals surface area contributed by atoms with Crippen molar-refractivity contribution in [2.24, 2.45) is 0 Å². The van der Waals surface area contributed by atoms with Crippen LogP contribution in [0.3, 0.4) is 0 Å². The molecule has 0 saturated carbocycles. The monoisotopic (exact) mass is 288 g/mol. The van der Waals surface area contributed by atoms with Crippen molar-refractivity contribution in [2.45, 2.75) is 33.5 Å². The molecule has 0 saturated heterocycles. The lowest BCUT2D eigenvalue weighted by Crippen LogP contribution is -2.12. The summed E-state index contributed by atoms with van der Waals surface area (Å²) < 4.78 is 10.9. The lowest BCUT2D eigenvalue weighted by Gasteiger charge is -2.11. The number of benzene rings is 1. The van der Waals surface area contributed by atoms with E-state index in [0.29, 0.717) is 24.7 Å². The summed E-state index contributed by atoms with van der Waals surface area (Å²) in [7, 11) is 0. The van der Waals surface area contributed by atoms with Crippen LogP contribution in [-0.2, 0) is 11.3 Å². The largest absolute Gasteiger partial charge is 0.491 e. The fourth-order valence-corrected chi connectivity index (χ4v) is 1.92. The van der Waals surface area contributed by atoms with E-state index in [4.69, 9.17) is 9.47 Å². The highest BCUT2D eigenvalue weighted by Gasteiger charge is 2.06. The Labute approximate surface area is 124 Å². The summed E-state index contributed by atoms with van der Waals surface area (Å²) in [5.41, 5.74) is 1.27. The van der Waals surface area contributed by atoms with Crippen LogP contribution in [0.15, 0.2) is 35.1 Å². The van der Waals surface area contributed by atoms with Gasteiger partial charge >= 0.3 is 0 Å². The van der Waals surface area contributed by atoms with Crippen LogP contribution < -0.4 is 10.3 Å². The molecular weight excluding hydrogens is 268 g/mol. The van der Waals surface area contributed by atoms with Crippen LogP contribution in [0.4, 0.5) is 0 Å². The Morgan fingerprint density at radius 1 is 1.29 bits per heavy atom. The lowest BCUT2D eigenvalue weighted by molar-refractivity contribution is 0.128. The van der Waals surface area contributed by atoms with Gasteiger partial charge in [0.15, 0.2) is 0 Å². The summed E-state index contributed by atoms with van der Waals surface area (Å²) in [6, 6.07) is 9.03. The van der Waals surface area contributed by atoms with Gasteiger partial charge < -0.3 is 14.5 Å². The minimum atomic E-state index is -0.190. The zero-order valence-corrected chi connectivity index (χ0v) is 12.6. The van der Waals surface area contributed by atoms with Gasteiger partial charge in [-0.05, 0) is 32.9 Å². The number of hydrogen-bond donors (Lipinski definition) is 1. The molecule has 2 aromatic rings. The van der Waals surface area contributed by atoms with E-state index in [1.54, 1.807) is 0 Å². The highest BCUT2D eigenvalue weighted by atomic mass is 16.5. The van der Waals surface area contributed by atoms with E-state index in [1.165, 1.54) is 6.07 Å². The first-order valence-electron chi connectivity index (χ1n) is 7.03. The minimum Gasteiger partial charge on any atom is -0.491 e. The molecule has 0 amide bonds. The van der Waals surface area contributed by atoms with Crippen LogP contribution in [0.1, 0.15) is 26.6 Å². The summed E-state index contributed by atoms with van der Waals surface area (Å²) in [6.45, 7) is 6.71. The minimum absolute atomic E-state index is 0.0981. The van der Waals surface area contributed by atoms with E-state index >= 15 is 0 Å². The number of aromatic nitrogens is 2. The van der Waals surface area contributed by atoms with Crippen molar-refractivity contribution in [1.29, 1.82) is 0 Å². The van der Waals surface area contributed by atoms with Crippen LogP contribution >= 0.6 is 0 Å². The second-order valence-corrected chi connectivity index (χ2v) is 4.91. The number of aromatic amines is 1. The average Bonchev–Trinajstić information content (AvgIpc) is 2.44. The summed E-state index contributed by atoms with van der Waals surface area (Å²) in [5, 5.41) is 0. The predicted molar refractivity (Wildman–Crippen MR) is 81.4 cm³/mol. The quantitative estimate of drug-likeness (QED) is 0.887. The fourth-order valence-electron chi connectivity index (χ4n) is 1.92. The zero-order chi connectivity index (χ0) is 15.2. The summed E-state index contributed by atoms with van der Waals surface area (Å²) >= 11 is 0. The number of nitrogens with one attached hydrogen (secondary N) is 1. The molecule has 0 radical (unpaired) electrons. The standard InChI is InChI=1S/C16H20N2O3/c1-4-20-10-15-17-14(9-16(19)18-15)12-6-5-7-13(8-12)21-11(2)3/h5-9,11H,4,10H2,1-3H3,(H,17,18,19). The van der Waals surface area contributed by atoms with E-state index < -0.39 is 0 Å². The van der Waals surface area contributed by atoms with E-state index in [1.807, 2.05) is 45.0 Å². The smallest absolute Gasteiger partial charge is 0.251 e. The van der Waals surface area contributed by atoms with Crippen LogP contribution in [0.2, 0.25) is 0 Å². The third kappa shape index (κ3) is 4.43. The van der Waals surface area contributed by atoms with Gasteiger partial charge in [0.25, 0.3) is 5.56 Å². The molecular formula is C16H20N2O3. The highest BCUT2D eigenvalue weighted by Crippen LogP contribution is 2.22. The number of hydrogen-bond acceptors (Lipinski definition) is 4. The highest BCUT2D eigenvalue weighted by molar-refractivity contribution is 5.60. The maximum Gasteiger partial charge on any atom is 0.251 e. The first kappa shape index (κ1) is 15.3. The van der Waals surface area contributed by atoms with Crippen LogP contribution in [0.5, 0.6) is 5.75 Å². The first-order chi connectivity index (χ1) is 10.1. The molecule has 0 atom stereocenters. The Bertz CT molecular complexity index is 650. The maximum atomic E-state index is 11.7. The predicted octanol–water partition coefficient (Wildman–Crippen LogP) is 2.76. The SMILES string of the molecule is CCOCc1nc(-c2cccc(OC(C)C)c2)cc(=O)[nH]1. The van der Waals surface area contributed by atoms with E-state index in [-0.39, 0.29) is 11.7 Å². The molecule has 1 aromatic carbocycles. The number of nitrogens with zero attached hydrogens (tertiary/aromatic N) is 1. The molecule has 0 bridgehead atoms. The van der Waals surface area contributed by atoms with Gasteiger partial charge in [-0.2, -0.15) is 0 Å². The molecule has 0 aliphatic carbocycles. The van der Waals surface area contributed by atoms with Crippen molar-refractivity contribution < 1.29 is 9.47 Å². The Balaban J connectivity index is 2.32. The summed E-state index contributed by atoms with van der Waals surface area (Å²) in [5.74, 6) is 1.28. The Morgan fingerprint density at radius 3 is 2.81 bits per heavy atom. The molecule has 0 aliphatic rings. The second-order valence-electron chi connectivity index (χ2n) is 4.91. The van der Waals surface area contributed by atoms with Crippen molar-refractivity contribution in [1.82, 2.24) is 9.97 Å². The van der Waals surface area contributed by atoms with Crippen LogP contribution in [-0.4, -0.2) is 22.7 Å². The van der Waals surface area contributed by atoms with Crippen molar-refractivity contribution in [3.05, 3.63) is 46.5 Å². The van der Waals surface area contributed by atoms with Gasteiger partial charge in [0.1, 0.15) is 18.2 Å². The molecule has 5 nitrogen and oxygen atoms in total. The third-order valence-electron chi connectivity index (χ3n) is 2.74.